The molecule has 1 fully saturated rings. The molecule has 1 aliphatic carbocycles. The van der Waals surface area contributed by atoms with Gasteiger partial charge in [0.15, 0.2) is 0 Å². The van der Waals surface area contributed by atoms with Gasteiger partial charge in [-0.15, -0.1) is 0 Å². The molecule has 4 aromatic rings. The van der Waals surface area contributed by atoms with Gasteiger partial charge in [0.2, 0.25) is 0 Å². The number of amides is 3. The van der Waals surface area contributed by atoms with E-state index in [0.29, 0.717) is 43.1 Å². The molecule has 2 aromatic carbocycles. The van der Waals surface area contributed by atoms with Crippen LogP contribution in [0.1, 0.15) is 34.5 Å². The maximum absolute atomic E-state index is 13.1. The standard InChI is InChI=1S/C31H34IN8O4/c41-29(37-24-17-22-5-1-2-6-23(22)18-24)27-28(34-12-11-33-27)38-31(43)39-13-9-21(10-14-39)19-36-32-44-16-15-40-20-35-26-8-4-3-7-25(26)30(40)42/h1-8,11-12,20-21,24,36H,9-10,13-19H2,(H,37,41)(H,34,38,43)/q-1. The van der Waals surface area contributed by atoms with Gasteiger partial charge in [-0.25, -0.2) is 0 Å². The average molecular weight is 710 g/mol. The van der Waals surface area contributed by atoms with E-state index in [9.17, 15) is 14.4 Å². The number of benzene rings is 2. The van der Waals surface area contributed by atoms with Gasteiger partial charge < -0.3 is 0 Å². The number of likely N-dealkylation sites (tertiary alicyclic amines) is 1. The number of hydrogen-bond acceptors (Lipinski definition) is 8. The van der Waals surface area contributed by atoms with Gasteiger partial charge in [0.05, 0.1) is 0 Å². The van der Waals surface area contributed by atoms with Crippen molar-refractivity contribution in [1.82, 2.24) is 33.3 Å². The van der Waals surface area contributed by atoms with E-state index in [1.54, 1.807) is 21.9 Å². The van der Waals surface area contributed by atoms with Gasteiger partial charge >= 0.3 is 212 Å². The molecule has 3 heterocycles. The molecular weight excluding hydrogens is 675 g/mol. The number of carbonyl (C=O) groups is 2. The molecule has 0 spiro atoms. The van der Waals surface area contributed by atoms with E-state index >= 15 is 0 Å². The first-order chi connectivity index (χ1) is 21.5. The molecule has 6 rings (SSSR count). The Labute approximate surface area is 265 Å². The van der Waals surface area contributed by atoms with E-state index < -0.39 is 21.9 Å². The molecule has 13 heteroatoms. The van der Waals surface area contributed by atoms with Crippen LogP contribution in [-0.2, 0) is 22.5 Å². The Morgan fingerprint density at radius 1 is 0.955 bits per heavy atom. The van der Waals surface area contributed by atoms with Crippen LogP contribution in [0, 0.1) is 5.92 Å². The molecule has 0 saturated carbocycles. The first-order valence-corrected chi connectivity index (χ1v) is 16.7. The Morgan fingerprint density at radius 2 is 1.68 bits per heavy atom. The summed E-state index contributed by atoms with van der Waals surface area (Å²) in [4.78, 5) is 53.2. The number of nitrogens with zero attached hydrogens (tertiary/aromatic N) is 5. The molecule has 1 aliphatic heterocycles. The molecule has 0 unspecified atom stereocenters. The van der Waals surface area contributed by atoms with Crippen LogP contribution in [0.25, 0.3) is 10.9 Å². The number of nitrogens with one attached hydrogen (secondary N) is 3. The van der Waals surface area contributed by atoms with Crippen molar-refractivity contribution in [3.8, 4) is 0 Å². The number of rotatable bonds is 10. The maximum atomic E-state index is 13.1. The second kappa shape index (κ2) is 14.2. The van der Waals surface area contributed by atoms with E-state index in [4.69, 9.17) is 3.07 Å². The number of hydrogen-bond donors (Lipinski definition) is 3. The molecule has 3 amide bonds. The first-order valence-electron chi connectivity index (χ1n) is 14.7. The Bertz CT molecular complexity index is 1670. The first kappa shape index (κ1) is 30.1. The number of urea groups is 1. The predicted molar refractivity (Wildman–Crippen MR) is 160 cm³/mol. The van der Waals surface area contributed by atoms with Crippen molar-refractivity contribution >= 4 is 28.7 Å². The Hall–Kier alpha value is -3.95. The number of para-hydroxylation sites is 1. The Balaban J connectivity index is 0.901. The van der Waals surface area contributed by atoms with Crippen LogP contribution < -0.4 is 41.6 Å². The summed E-state index contributed by atoms with van der Waals surface area (Å²) in [5.41, 5.74) is 3.23. The van der Waals surface area contributed by atoms with Crippen molar-refractivity contribution in [2.24, 2.45) is 5.92 Å². The van der Waals surface area contributed by atoms with Gasteiger partial charge in [0.25, 0.3) is 0 Å². The minimum atomic E-state index is -0.665. The molecule has 1 saturated heterocycles. The molecule has 0 bridgehead atoms. The van der Waals surface area contributed by atoms with Crippen molar-refractivity contribution in [2.75, 3.05) is 31.6 Å². The van der Waals surface area contributed by atoms with E-state index in [1.165, 1.54) is 23.5 Å². The van der Waals surface area contributed by atoms with E-state index in [1.807, 2.05) is 30.3 Å². The van der Waals surface area contributed by atoms with Crippen LogP contribution in [-0.4, -0.2) is 68.6 Å². The number of aromatic nitrogens is 4. The summed E-state index contributed by atoms with van der Waals surface area (Å²) in [7, 11) is 0. The average Bonchev–Trinajstić information content (AvgIpc) is 3.46. The predicted octanol–water partition coefficient (Wildman–Crippen LogP) is -0.447. The summed E-state index contributed by atoms with van der Waals surface area (Å²) in [5.74, 6) is 0.253. The van der Waals surface area contributed by atoms with Gasteiger partial charge in [-0.3, -0.25) is 0 Å². The van der Waals surface area contributed by atoms with E-state index in [2.05, 4.69) is 41.2 Å². The fraction of sp³-hybridized carbons (Fsp3) is 0.355. The van der Waals surface area contributed by atoms with Gasteiger partial charge in [-0.1, -0.05) is 24.3 Å². The van der Waals surface area contributed by atoms with Crippen molar-refractivity contribution in [1.29, 1.82) is 0 Å². The van der Waals surface area contributed by atoms with Gasteiger partial charge in [-0.05, 0) is 24.0 Å². The van der Waals surface area contributed by atoms with Crippen molar-refractivity contribution in [3.05, 3.63) is 94.4 Å². The number of piperidine rings is 1. The SMILES string of the molecule is O=C(NC1Cc2ccccc2C1)c1nccnc1NC(=O)N1CCC(CN[I-]OCCn2cnc3ccccc3c2=O)CC1. The van der Waals surface area contributed by atoms with Crippen LogP contribution in [0.4, 0.5) is 10.6 Å². The topological polar surface area (TPSA) is 143 Å². The zero-order valence-electron chi connectivity index (χ0n) is 24.1. The molecule has 0 radical (unpaired) electrons. The van der Waals surface area contributed by atoms with E-state index in [0.717, 1.165) is 32.2 Å². The molecular formula is C31H34IN8O4-. The van der Waals surface area contributed by atoms with Crippen LogP contribution in [0.5, 0.6) is 0 Å². The minimum absolute atomic E-state index is 0.0163. The van der Waals surface area contributed by atoms with Crippen LogP contribution in [0.3, 0.4) is 0 Å². The van der Waals surface area contributed by atoms with Crippen molar-refractivity contribution < 1.29 is 34.5 Å². The fourth-order valence-electron chi connectivity index (χ4n) is 5.65. The summed E-state index contributed by atoms with van der Waals surface area (Å²) in [6.45, 7) is 2.93. The third-order valence-electron chi connectivity index (χ3n) is 8.04. The third kappa shape index (κ3) is 7.22. The van der Waals surface area contributed by atoms with Crippen molar-refractivity contribution in [3.63, 3.8) is 0 Å². The van der Waals surface area contributed by atoms with Gasteiger partial charge in [0, 0.05) is 6.04 Å². The number of anilines is 1. The van der Waals surface area contributed by atoms with Gasteiger partial charge in [0.1, 0.15) is 0 Å². The number of fused-ring (bicyclic) bond motifs is 2. The zero-order chi connectivity index (χ0) is 30.3. The second-order valence-electron chi connectivity index (χ2n) is 10.9. The summed E-state index contributed by atoms with van der Waals surface area (Å²) in [6.07, 6.45) is 7.76. The molecule has 44 heavy (non-hydrogen) atoms. The third-order valence-corrected chi connectivity index (χ3v) is 9.55. The number of carbonyl (C=O) groups excluding carboxylic acids is 2. The summed E-state index contributed by atoms with van der Waals surface area (Å²) < 4.78 is 10.8. The van der Waals surface area contributed by atoms with Crippen LogP contribution >= 0.6 is 0 Å². The van der Waals surface area contributed by atoms with Crippen molar-refractivity contribution in [2.45, 2.75) is 38.3 Å². The monoisotopic (exact) mass is 709 g/mol. The van der Waals surface area contributed by atoms with E-state index in [-0.39, 0.29) is 35.1 Å². The normalized spacial score (nSPS) is 15.4. The molecule has 230 valence electrons. The molecule has 0 atom stereocenters. The van der Waals surface area contributed by atoms with Crippen LogP contribution in [0.15, 0.2) is 72.0 Å². The summed E-state index contributed by atoms with van der Waals surface area (Å²) >= 11 is -0.665. The Morgan fingerprint density at radius 3 is 2.48 bits per heavy atom. The summed E-state index contributed by atoms with van der Waals surface area (Å²) in [6, 6.07) is 15.2. The molecule has 2 aromatic heterocycles. The zero-order valence-corrected chi connectivity index (χ0v) is 26.3. The fourth-order valence-corrected chi connectivity index (χ4v) is 7.09. The number of halogens is 1. The molecule has 12 nitrogen and oxygen atoms in total. The second-order valence-corrected chi connectivity index (χ2v) is 12.8. The van der Waals surface area contributed by atoms with Gasteiger partial charge in [-0.2, -0.15) is 0 Å². The quantitative estimate of drug-likeness (QED) is 0.114. The molecule has 3 N–H and O–H groups in total. The molecule has 2 aliphatic rings. The Kier molecular flexibility index (Phi) is 9.73. The van der Waals surface area contributed by atoms with Crippen LogP contribution in [0.2, 0.25) is 0 Å². The summed E-state index contributed by atoms with van der Waals surface area (Å²) in [5, 5.41) is 6.46.